The molecule has 1 atom stereocenters. The number of aryl methyl sites for hydroxylation is 1. The van der Waals surface area contributed by atoms with E-state index in [4.69, 9.17) is 0 Å². The lowest BCUT2D eigenvalue weighted by molar-refractivity contribution is -0.133. The van der Waals surface area contributed by atoms with Gasteiger partial charge in [-0.15, -0.1) is 0 Å². The van der Waals surface area contributed by atoms with E-state index in [0.717, 1.165) is 6.42 Å². The summed E-state index contributed by atoms with van der Waals surface area (Å²) in [6.07, 6.45) is 8.46. The fourth-order valence-electron chi connectivity index (χ4n) is 3.73. The zero-order valence-electron chi connectivity index (χ0n) is 14.6. The highest BCUT2D eigenvalue weighted by Gasteiger charge is 2.37. The Morgan fingerprint density at radius 2 is 1.74 bits per heavy atom. The normalized spacial score (nSPS) is 19.7. The van der Waals surface area contributed by atoms with Crippen molar-refractivity contribution in [2.24, 2.45) is 0 Å². The first-order valence-electron chi connectivity index (χ1n) is 9.32. The number of hydrogen-bond acceptors (Lipinski definition) is 2. The van der Waals surface area contributed by atoms with E-state index in [0.29, 0.717) is 24.5 Å². The van der Waals surface area contributed by atoms with Crippen molar-refractivity contribution in [3.8, 4) is 0 Å². The maximum absolute atomic E-state index is 12.7. The lowest BCUT2D eigenvalue weighted by Crippen LogP contribution is -2.45. The molecule has 23 heavy (non-hydrogen) atoms. The number of nitrogens with one attached hydrogen (secondary N) is 1. The van der Waals surface area contributed by atoms with Crippen molar-refractivity contribution in [3.63, 3.8) is 0 Å². The largest absolute Gasteiger partial charge is 0.336 e. The third-order valence-corrected chi connectivity index (χ3v) is 5.39. The predicted octanol–water partition coefficient (Wildman–Crippen LogP) is 3.83. The third-order valence-electron chi connectivity index (χ3n) is 5.39. The van der Waals surface area contributed by atoms with E-state index < -0.39 is 0 Å². The minimum Gasteiger partial charge on any atom is -0.336 e. The molecule has 1 aromatic rings. The van der Waals surface area contributed by atoms with Crippen LogP contribution in [0.2, 0.25) is 0 Å². The summed E-state index contributed by atoms with van der Waals surface area (Å²) in [5, 5.41) is 3.43. The minimum absolute atomic E-state index is 0.217. The van der Waals surface area contributed by atoms with E-state index >= 15 is 0 Å². The molecule has 3 rings (SSSR count). The molecular weight excluding hydrogens is 284 g/mol. The van der Waals surface area contributed by atoms with Crippen LogP contribution in [0.5, 0.6) is 0 Å². The van der Waals surface area contributed by atoms with Gasteiger partial charge in [0, 0.05) is 18.1 Å². The number of rotatable bonds is 7. The Hall–Kier alpha value is -1.35. The molecule has 0 heterocycles. The van der Waals surface area contributed by atoms with Gasteiger partial charge in [0.25, 0.3) is 0 Å². The second kappa shape index (κ2) is 7.48. The Bertz CT molecular complexity index is 515. The second-order valence-electron chi connectivity index (χ2n) is 7.17. The van der Waals surface area contributed by atoms with Crippen molar-refractivity contribution in [1.82, 2.24) is 10.2 Å². The Balaban J connectivity index is 1.54. The molecule has 0 bridgehead atoms. The summed E-state index contributed by atoms with van der Waals surface area (Å²) in [6.45, 7) is 4.78. The number of carbonyl (C=O) groups excluding carboxylic acids is 1. The first kappa shape index (κ1) is 16.5. The molecule has 1 amide bonds. The molecule has 0 spiro atoms. The van der Waals surface area contributed by atoms with Gasteiger partial charge in [-0.1, -0.05) is 44.0 Å². The number of benzene rings is 1. The smallest absolute Gasteiger partial charge is 0.237 e. The van der Waals surface area contributed by atoms with Crippen LogP contribution in [-0.2, 0) is 11.2 Å². The lowest BCUT2D eigenvalue weighted by Gasteiger charge is -2.30. The molecule has 1 unspecified atom stereocenters. The van der Waals surface area contributed by atoms with Gasteiger partial charge in [-0.3, -0.25) is 4.79 Å². The van der Waals surface area contributed by atoms with Crippen molar-refractivity contribution in [2.75, 3.05) is 6.54 Å². The van der Waals surface area contributed by atoms with Gasteiger partial charge in [0.15, 0.2) is 0 Å². The molecule has 0 aliphatic heterocycles. The van der Waals surface area contributed by atoms with Gasteiger partial charge < -0.3 is 10.2 Å². The summed E-state index contributed by atoms with van der Waals surface area (Å²) < 4.78 is 0. The number of nitrogens with zero attached hydrogens (tertiary/aromatic N) is 1. The monoisotopic (exact) mass is 314 g/mol. The summed E-state index contributed by atoms with van der Waals surface area (Å²) >= 11 is 0. The minimum atomic E-state index is 0.217. The zero-order valence-corrected chi connectivity index (χ0v) is 14.6. The maximum Gasteiger partial charge on any atom is 0.237 e. The number of hydrogen-bond donors (Lipinski definition) is 1. The van der Waals surface area contributed by atoms with Crippen LogP contribution in [0.1, 0.15) is 69.5 Å². The number of carbonyl (C=O) groups is 1. The molecule has 3 heteroatoms. The van der Waals surface area contributed by atoms with Gasteiger partial charge in [-0.05, 0) is 50.2 Å². The van der Waals surface area contributed by atoms with Crippen LogP contribution in [0.25, 0.3) is 0 Å². The van der Waals surface area contributed by atoms with Crippen molar-refractivity contribution < 1.29 is 4.79 Å². The Labute approximate surface area is 140 Å². The SMILES string of the molecule is CCc1ccc(C(C)NCC(=O)N(C2CCCC2)C2CC2)cc1. The molecule has 2 fully saturated rings. The first-order chi connectivity index (χ1) is 11.2. The van der Waals surface area contributed by atoms with Crippen LogP contribution in [0.4, 0.5) is 0 Å². The molecule has 0 aromatic heterocycles. The quantitative estimate of drug-likeness (QED) is 0.829. The van der Waals surface area contributed by atoms with Gasteiger partial charge in [0.2, 0.25) is 5.91 Å². The molecule has 1 N–H and O–H groups in total. The molecule has 2 saturated carbocycles. The Morgan fingerprint density at radius 1 is 1.13 bits per heavy atom. The fourth-order valence-corrected chi connectivity index (χ4v) is 3.73. The van der Waals surface area contributed by atoms with Crippen LogP contribution in [0, 0.1) is 0 Å². The molecule has 1 aromatic carbocycles. The van der Waals surface area contributed by atoms with E-state index in [2.05, 4.69) is 48.3 Å². The van der Waals surface area contributed by atoms with Crippen LogP contribution in [-0.4, -0.2) is 29.4 Å². The van der Waals surface area contributed by atoms with Crippen molar-refractivity contribution in [2.45, 2.75) is 76.9 Å². The predicted molar refractivity (Wildman–Crippen MR) is 94.4 cm³/mol. The second-order valence-corrected chi connectivity index (χ2v) is 7.17. The summed E-state index contributed by atoms with van der Waals surface area (Å²) in [5.74, 6) is 0.302. The van der Waals surface area contributed by atoms with Crippen LogP contribution >= 0.6 is 0 Å². The third kappa shape index (κ3) is 4.14. The lowest BCUT2D eigenvalue weighted by atomic mass is 10.0. The Morgan fingerprint density at radius 3 is 2.30 bits per heavy atom. The molecule has 0 radical (unpaired) electrons. The van der Waals surface area contributed by atoms with E-state index in [1.54, 1.807) is 0 Å². The van der Waals surface area contributed by atoms with E-state index in [-0.39, 0.29) is 6.04 Å². The molecule has 2 aliphatic rings. The highest BCUT2D eigenvalue weighted by atomic mass is 16.2. The van der Waals surface area contributed by atoms with Gasteiger partial charge in [0.1, 0.15) is 0 Å². The fraction of sp³-hybridized carbons (Fsp3) is 0.650. The molecule has 2 aliphatic carbocycles. The molecule has 0 saturated heterocycles. The molecule has 126 valence electrons. The van der Waals surface area contributed by atoms with Gasteiger partial charge in [-0.25, -0.2) is 0 Å². The first-order valence-corrected chi connectivity index (χ1v) is 9.32. The summed E-state index contributed by atoms with van der Waals surface area (Å²) in [7, 11) is 0. The summed E-state index contributed by atoms with van der Waals surface area (Å²) in [6, 6.07) is 9.99. The van der Waals surface area contributed by atoms with E-state index in [1.807, 2.05) is 0 Å². The average molecular weight is 314 g/mol. The van der Waals surface area contributed by atoms with Gasteiger partial charge in [-0.2, -0.15) is 0 Å². The molecule has 3 nitrogen and oxygen atoms in total. The van der Waals surface area contributed by atoms with Crippen molar-refractivity contribution >= 4 is 5.91 Å². The van der Waals surface area contributed by atoms with E-state index in [1.165, 1.54) is 49.7 Å². The van der Waals surface area contributed by atoms with E-state index in [9.17, 15) is 4.79 Å². The topological polar surface area (TPSA) is 32.3 Å². The van der Waals surface area contributed by atoms with Crippen molar-refractivity contribution in [1.29, 1.82) is 0 Å². The summed E-state index contributed by atoms with van der Waals surface area (Å²) in [4.78, 5) is 14.9. The highest BCUT2D eigenvalue weighted by molar-refractivity contribution is 5.79. The maximum atomic E-state index is 12.7. The Kier molecular flexibility index (Phi) is 5.37. The average Bonchev–Trinajstić information content (AvgIpc) is 3.26. The van der Waals surface area contributed by atoms with Gasteiger partial charge in [0.05, 0.1) is 6.54 Å². The highest BCUT2D eigenvalue weighted by Crippen LogP contribution is 2.34. The summed E-state index contributed by atoms with van der Waals surface area (Å²) in [5.41, 5.74) is 2.62. The standard InChI is InChI=1S/C20H30N2O/c1-3-16-8-10-17(11-9-16)15(2)21-14-20(23)22(19-12-13-19)18-6-4-5-7-18/h8-11,15,18-19,21H,3-7,12-14H2,1-2H3. The zero-order chi connectivity index (χ0) is 16.2. The molecular formula is C20H30N2O. The van der Waals surface area contributed by atoms with Gasteiger partial charge >= 0.3 is 0 Å². The van der Waals surface area contributed by atoms with Crippen LogP contribution in [0.3, 0.4) is 0 Å². The van der Waals surface area contributed by atoms with Crippen LogP contribution in [0.15, 0.2) is 24.3 Å². The number of amides is 1. The van der Waals surface area contributed by atoms with Crippen molar-refractivity contribution in [3.05, 3.63) is 35.4 Å². The van der Waals surface area contributed by atoms with Crippen LogP contribution < -0.4 is 5.32 Å².